The number of nitrogens with zero attached hydrogens (tertiary/aromatic N) is 2. The van der Waals surface area contributed by atoms with Crippen molar-refractivity contribution < 1.29 is 27.4 Å². The molecule has 0 atom stereocenters. The quantitative estimate of drug-likeness (QED) is 0.606. The van der Waals surface area contributed by atoms with Crippen LogP contribution in [0.15, 0.2) is 40.9 Å². The van der Waals surface area contributed by atoms with Crippen LogP contribution in [-0.4, -0.2) is 50.7 Å². The molecule has 2 aromatic carbocycles. The average Bonchev–Trinajstić information content (AvgIpc) is 2.74. The van der Waals surface area contributed by atoms with Gasteiger partial charge in [-0.3, -0.25) is 4.79 Å². The van der Waals surface area contributed by atoms with Gasteiger partial charge in [-0.25, -0.2) is 0 Å². The van der Waals surface area contributed by atoms with Gasteiger partial charge in [0.2, 0.25) is 0 Å². The Hall–Kier alpha value is -2.42. The molecule has 0 bridgehead atoms. The molecular weight excluding hydrogens is 465 g/mol. The summed E-state index contributed by atoms with van der Waals surface area (Å²) in [4.78, 5) is 16.5. The van der Waals surface area contributed by atoms with Gasteiger partial charge in [0.15, 0.2) is 11.5 Å². The topological polar surface area (TPSA) is 42.0 Å². The predicted octanol–water partition coefficient (Wildman–Crippen LogP) is 4.84. The molecule has 1 fully saturated rings. The highest BCUT2D eigenvalue weighted by Gasteiger charge is 2.31. The van der Waals surface area contributed by atoms with Gasteiger partial charge < -0.3 is 19.3 Å². The first-order chi connectivity index (χ1) is 14.2. The van der Waals surface area contributed by atoms with Crippen molar-refractivity contribution >= 4 is 27.5 Å². The number of methoxy groups -OCH3 is 1. The van der Waals surface area contributed by atoms with Crippen LogP contribution >= 0.6 is 15.9 Å². The number of halogens is 4. The first-order valence-electron chi connectivity index (χ1n) is 9.46. The highest BCUT2D eigenvalue weighted by Crippen LogP contribution is 2.37. The Morgan fingerprint density at radius 1 is 1.13 bits per heavy atom. The molecule has 0 N–H and O–H groups in total. The second kappa shape index (κ2) is 9.16. The van der Waals surface area contributed by atoms with Crippen LogP contribution in [0.5, 0.6) is 11.5 Å². The number of carbonyl (C=O) groups is 1. The van der Waals surface area contributed by atoms with E-state index >= 15 is 0 Å². The molecule has 1 amide bonds. The molecule has 162 valence electrons. The summed E-state index contributed by atoms with van der Waals surface area (Å²) in [7, 11) is 1.51. The van der Waals surface area contributed by atoms with Gasteiger partial charge in [0.25, 0.3) is 5.91 Å². The Morgan fingerprint density at radius 3 is 2.43 bits per heavy atom. The van der Waals surface area contributed by atoms with Crippen LogP contribution in [0.3, 0.4) is 0 Å². The fourth-order valence-corrected chi connectivity index (χ4v) is 3.91. The molecule has 0 aromatic heterocycles. The van der Waals surface area contributed by atoms with E-state index in [0.717, 1.165) is 12.1 Å². The van der Waals surface area contributed by atoms with E-state index in [1.807, 2.05) is 11.8 Å². The summed E-state index contributed by atoms with van der Waals surface area (Å²) in [6.45, 7) is 4.02. The normalized spacial score (nSPS) is 14.6. The van der Waals surface area contributed by atoms with E-state index in [1.54, 1.807) is 23.1 Å². The molecule has 0 saturated carbocycles. The first-order valence-corrected chi connectivity index (χ1v) is 10.3. The van der Waals surface area contributed by atoms with Gasteiger partial charge >= 0.3 is 6.18 Å². The summed E-state index contributed by atoms with van der Waals surface area (Å²) in [6.07, 6.45) is -4.38. The molecule has 30 heavy (non-hydrogen) atoms. The van der Waals surface area contributed by atoms with Crippen molar-refractivity contribution in [3.8, 4) is 11.5 Å². The number of amides is 1. The van der Waals surface area contributed by atoms with E-state index in [0.29, 0.717) is 60.0 Å². The summed E-state index contributed by atoms with van der Waals surface area (Å²) in [6, 6.07) is 8.58. The van der Waals surface area contributed by atoms with Crippen molar-refractivity contribution in [1.29, 1.82) is 0 Å². The van der Waals surface area contributed by atoms with Gasteiger partial charge in [0.05, 0.1) is 23.8 Å². The second-order valence-electron chi connectivity index (χ2n) is 6.75. The molecule has 5 nitrogen and oxygen atoms in total. The van der Waals surface area contributed by atoms with Gasteiger partial charge in [-0.05, 0) is 53.2 Å². The van der Waals surface area contributed by atoms with Gasteiger partial charge in [0, 0.05) is 37.4 Å². The first kappa shape index (κ1) is 22.3. The van der Waals surface area contributed by atoms with Crippen LogP contribution in [0.2, 0.25) is 0 Å². The SMILES string of the molecule is CCOc1c(Br)cc(C(=O)N2CCN(c3cccc(C(F)(F)F)c3)CC2)cc1OC. The molecule has 9 heteroatoms. The smallest absolute Gasteiger partial charge is 0.416 e. The minimum Gasteiger partial charge on any atom is -0.493 e. The molecular formula is C21H22BrF3N2O3. The maximum Gasteiger partial charge on any atom is 0.416 e. The molecule has 1 heterocycles. The zero-order chi connectivity index (χ0) is 21.9. The number of ether oxygens (including phenoxy) is 2. The standard InChI is InChI=1S/C21H22BrF3N2O3/c1-3-30-19-17(22)11-14(12-18(19)29-2)20(28)27-9-7-26(8-10-27)16-6-4-5-15(13-16)21(23,24)25/h4-6,11-13H,3,7-10H2,1-2H3. The summed E-state index contributed by atoms with van der Waals surface area (Å²) in [5.74, 6) is 0.823. The molecule has 0 aliphatic carbocycles. The lowest BCUT2D eigenvalue weighted by molar-refractivity contribution is -0.137. The largest absolute Gasteiger partial charge is 0.493 e. The molecule has 3 rings (SSSR count). The van der Waals surface area contributed by atoms with Crippen LogP contribution in [0.4, 0.5) is 18.9 Å². The highest BCUT2D eigenvalue weighted by molar-refractivity contribution is 9.10. The van der Waals surface area contributed by atoms with Crippen LogP contribution in [0.1, 0.15) is 22.8 Å². The van der Waals surface area contributed by atoms with E-state index < -0.39 is 11.7 Å². The van der Waals surface area contributed by atoms with Gasteiger partial charge in [0.1, 0.15) is 0 Å². The third-order valence-corrected chi connectivity index (χ3v) is 5.46. The number of hydrogen-bond donors (Lipinski definition) is 0. The highest BCUT2D eigenvalue weighted by atomic mass is 79.9. The maximum atomic E-state index is 13.0. The number of hydrogen-bond acceptors (Lipinski definition) is 4. The van der Waals surface area contributed by atoms with Gasteiger partial charge in [-0.1, -0.05) is 6.07 Å². The molecule has 2 aromatic rings. The van der Waals surface area contributed by atoms with Crippen molar-refractivity contribution in [2.75, 3.05) is 44.8 Å². The average molecular weight is 487 g/mol. The molecule has 0 radical (unpaired) electrons. The third-order valence-electron chi connectivity index (χ3n) is 4.87. The lowest BCUT2D eigenvalue weighted by atomic mass is 10.1. The number of anilines is 1. The van der Waals surface area contributed by atoms with Gasteiger partial charge in [-0.15, -0.1) is 0 Å². The van der Waals surface area contributed by atoms with E-state index in [2.05, 4.69) is 15.9 Å². The van der Waals surface area contributed by atoms with Crippen LogP contribution < -0.4 is 14.4 Å². The van der Waals surface area contributed by atoms with Crippen LogP contribution in [0.25, 0.3) is 0 Å². The second-order valence-corrected chi connectivity index (χ2v) is 7.60. The number of carbonyl (C=O) groups excluding carboxylic acids is 1. The van der Waals surface area contributed by atoms with Crippen molar-refractivity contribution in [2.45, 2.75) is 13.1 Å². The molecule has 1 aliphatic rings. The van der Waals surface area contributed by atoms with Crippen molar-refractivity contribution in [3.05, 3.63) is 52.0 Å². The van der Waals surface area contributed by atoms with E-state index in [9.17, 15) is 18.0 Å². The van der Waals surface area contributed by atoms with Crippen molar-refractivity contribution in [1.82, 2.24) is 4.90 Å². The zero-order valence-electron chi connectivity index (χ0n) is 16.6. The fraction of sp³-hybridized carbons (Fsp3) is 0.381. The zero-order valence-corrected chi connectivity index (χ0v) is 18.2. The summed E-state index contributed by atoms with van der Waals surface area (Å²) in [5, 5.41) is 0. The number of alkyl halides is 3. The summed E-state index contributed by atoms with van der Waals surface area (Å²) < 4.78 is 50.4. The number of benzene rings is 2. The Bertz CT molecular complexity index is 913. The van der Waals surface area contributed by atoms with E-state index in [1.165, 1.54) is 13.2 Å². The Labute approximate surface area is 181 Å². The molecule has 0 spiro atoms. The van der Waals surface area contributed by atoms with E-state index in [-0.39, 0.29) is 5.91 Å². The van der Waals surface area contributed by atoms with Crippen molar-refractivity contribution in [3.63, 3.8) is 0 Å². The predicted molar refractivity (Wildman–Crippen MR) is 111 cm³/mol. The number of piperazine rings is 1. The molecule has 1 saturated heterocycles. The summed E-state index contributed by atoms with van der Waals surface area (Å²) in [5.41, 5.74) is 0.280. The Kier molecular flexibility index (Phi) is 6.80. The lowest BCUT2D eigenvalue weighted by Crippen LogP contribution is -2.48. The molecule has 1 aliphatic heterocycles. The minimum atomic E-state index is -4.38. The third kappa shape index (κ3) is 4.83. The minimum absolute atomic E-state index is 0.166. The summed E-state index contributed by atoms with van der Waals surface area (Å²) >= 11 is 3.42. The Morgan fingerprint density at radius 2 is 1.83 bits per heavy atom. The molecule has 0 unspecified atom stereocenters. The van der Waals surface area contributed by atoms with Crippen molar-refractivity contribution in [2.24, 2.45) is 0 Å². The number of rotatable bonds is 5. The van der Waals surface area contributed by atoms with Crippen LogP contribution in [-0.2, 0) is 6.18 Å². The van der Waals surface area contributed by atoms with Crippen LogP contribution in [0, 0.1) is 0 Å². The monoisotopic (exact) mass is 486 g/mol. The Balaban J connectivity index is 1.71. The fourth-order valence-electron chi connectivity index (χ4n) is 3.36. The maximum absolute atomic E-state index is 13.0. The van der Waals surface area contributed by atoms with E-state index in [4.69, 9.17) is 9.47 Å². The van der Waals surface area contributed by atoms with Gasteiger partial charge in [-0.2, -0.15) is 13.2 Å². The lowest BCUT2D eigenvalue weighted by Gasteiger charge is -2.36.